The van der Waals surface area contributed by atoms with E-state index >= 15 is 0 Å². The van der Waals surface area contributed by atoms with E-state index in [1.54, 1.807) is 12.3 Å². The first-order chi connectivity index (χ1) is 24.2. The quantitative estimate of drug-likeness (QED) is 0.113. The molecule has 0 amide bonds. The molecule has 1 atom stereocenters. The first-order valence-electron chi connectivity index (χ1n) is 17.0. The maximum Gasteiger partial charge on any atom is 0.286 e. The van der Waals surface area contributed by atoms with E-state index in [0.29, 0.717) is 23.2 Å². The zero-order chi connectivity index (χ0) is 34.9. The van der Waals surface area contributed by atoms with Gasteiger partial charge in [-0.05, 0) is 85.0 Å². The predicted molar refractivity (Wildman–Crippen MR) is 205 cm³/mol. The highest BCUT2D eigenvalue weighted by molar-refractivity contribution is 14.2. The zero-order valence-corrected chi connectivity index (χ0v) is 30.5. The molecule has 0 aliphatic carbocycles. The monoisotopic (exact) mass is 786 g/mol. The van der Waals surface area contributed by atoms with Crippen LogP contribution in [-0.2, 0) is 22.4 Å². The third-order valence-corrected chi connectivity index (χ3v) is 11.0. The van der Waals surface area contributed by atoms with Gasteiger partial charge in [-0.25, -0.2) is 9.67 Å². The molecule has 50 heavy (non-hydrogen) atoms. The average Bonchev–Trinajstić information content (AvgIpc) is 3.82. The van der Waals surface area contributed by atoms with Gasteiger partial charge < -0.3 is 14.9 Å². The molecule has 258 valence electrons. The molecule has 0 radical (unpaired) electrons. The van der Waals surface area contributed by atoms with Gasteiger partial charge in [-0.3, -0.25) is 4.98 Å². The summed E-state index contributed by atoms with van der Waals surface area (Å²) < 4.78 is 35.5. The van der Waals surface area contributed by atoms with Crippen molar-refractivity contribution in [1.29, 1.82) is 0 Å². The number of hydrogen-bond acceptors (Lipinski definition) is 6. The lowest BCUT2D eigenvalue weighted by atomic mass is 9.82. The molecule has 2 aliphatic heterocycles. The standard InChI is InChI=1S/C40H41F2IN6O/c1-39(41,42)36-18-14-30(27-44-36)40(50,37-10-5-4-6-20-47(37)3)29-13-17-35-32(25-29)34(26-43-2)33(38(46-35)48-21-7-8-22-48)24-28-11-15-31(16-12-28)49-23-9-19-45-49/h6,9-20,23,25,27,50H,2,4-5,7-8,21-22,24,26H2,1,3H3. The largest absolute Gasteiger partial charge is 0.374 e. The molecule has 2 aliphatic rings. The summed E-state index contributed by atoms with van der Waals surface area (Å²) in [7, 11) is 1.90. The number of aliphatic hydroxyl groups is 1. The van der Waals surface area contributed by atoms with Gasteiger partial charge in [-0.1, -0.05) is 40.9 Å². The van der Waals surface area contributed by atoms with Gasteiger partial charge in [0.25, 0.3) is 5.92 Å². The number of hydrogen-bond donors (Lipinski definition) is 1. The van der Waals surface area contributed by atoms with Crippen LogP contribution in [0, 0.1) is 0 Å². The van der Waals surface area contributed by atoms with Crippen molar-refractivity contribution < 1.29 is 13.9 Å². The van der Waals surface area contributed by atoms with Crippen LogP contribution in [0.2, 0.25) is 0 Å². The normalized spacial score (nSPS) is 16.5. The van der Waals surface area contributed by atoms with Crippen molar-refractivity contribution in [2.24, 2.45) is 0 Å². The molecule has 5 heterocycles. The van der Waals surface area contributed by atoms with Gasteiger partial charge in [0, 0.05) is 73.0 Å². The van der Waals surface area contributed by atoms with Gasteiger partial charge in [0.2, 0.25) is 0 Å². The van der Waals surface area contributed by atoms with Crippen molar-refractivity contribution in [2.75, 3.05) is 25.0 Å². The molecule has 1 N–H and O–H groups in total. The number of pyridine rings is 2. The van der Waals surface area contributed by atoms with Gasteiger partial charge in [0.05, 0.1) is 16.9 Å². The molecule has 3 aromatic heterocycles. The second-order valence-electron chi connectivity index (χ2n) is 13.1. The minimum Gasteiger partial charge on any atom is -0.374 e. The lowest BCUT2D eigenvalue weighted by Crippen LogP contribution is -2.36. The molecule has 0 saturated carbocycles. The number of anilines is 1. The fraction of sp³-hybridized carbons (Fsp3) is 0.300. The second kappa shape index (κ2) is 14.1. The van der Waals surface area contributed by atoms with Gasteiger partial charge in [0.1, 0.15) is 11.5 Å². The minimum absolute atomic E-state index is 0.340. The van der Waals surface area contributed by atoms with Crippen molar-refractivity contribution in [1.82, 2.24) is 24.6 Å². The Morgan fingerprint density at radius 1 is 0.980 bits per heavy atom. The van der Waals surface area contributed by atoms with Crippen LogP contribution in [0.4, 0.5) is 14.6 Å². The minimum atomic E-state index is -3.10. The number of fused-ring (bicyclic) bond motifs is 1. The zero-order valence-electron chi connectivity index (χ0n) is 28.4. The van der Waals surface area contributed by atoms with Gasteiger partial charge in [-0.15, -0.1) is 20.7 Å². The summed E-state index contributed by atoms with van der Waals surface area (Å²) in [5.74, 6) is -2.07. The van der Waals surface area contributed by atoms with Crippen LogP contribution in [0.3, 0.4) is 0 Å². The second-order valence-corrected chi connectivity index (χ2v) is 15.0. The molecular weight excluding hydrogens is 745 g/mol. The Labute approximate surface area is 301 Å². The smallest absolute Gasteiger partial charge is 0.286 e. The van der Waals surface area contributed by atoms with E-state index in [1.165, 1.54) is 29.0 Å². The molecule has 1 fully saturated rings. The number of halogens is 3. The maximum absolute atomic E-state index is 14.2. The van der Waals surface area contributed by atoms with Gasteiger partial charge in [0.15, 0.2) is 5.60 Å². The van der Waals surface area contributed by atoms with Crippen molar-refractivity contribution in [3.8, 4) is 5.69 Å². The molecule has 1 saturated heterocycles. The maximum atomic E-state index is 14.2. The van der Waals surface area contributed by atoms with Crippen LogP contribution in [0.5, 0.6) is 0 Å². The lowest BCUT2D eigenvalue weighted by Gasteiger charge is -2.36. The van der Waals surface area contributed by atoms with Crippen LogP contribution in [0.15, 0.2) is 103 Å². The van der Waals surface area contributed by atoms with E-state index in [9.17, 15) is 13.9 Å². The first kappa shape index (κ1) is 34.2. The third kappa shape index (κ3) is 6.62. The Hall–Kier alpha value is -4.29. The number of likely N-dealkylation sites (N-methyl/N-ethyl adjacent to an activating group) is 1. The predicted octanol–water partition coefficient (Wildman–Crippen LogP) is 8.38. The lowest BCUT2D eigenvalue weighted by molar-refractivity contribution is 0.0125. The van der Waals surface area contributed by atoms with E-state index in [4.69, 9.17) is 4.98 Å². The highest BCUT2D eigenvalue weighted by Crippen LogP contribution is 2.43. The summed E-state index contributed by atoms with van der Waals surface area (Å²) in [6.45, 7) is 2.76. The van der Waals surface area contributed by atoms with E-state index in [1.807, 2.05) is 53.3 Å². The van der Waals surface area contributed by atoms with Crippen LogP contribution >= 0.6 is 20.7 Å². The molecule has 7 rings (SSSR count). The molecule has 5 aromatic rings. The van der Waals surface area contributed by atoms with Crippen molar-refractivity contribution in [2.45, 2.75) is 55.0 Å². The summed E-state index contributed by atoms with van der Waals surface area (Å²) in [4.78, 5) is 13.8. The van der Waals surface area contributed by atoms with Crippen LogP contribution < -0.4 is 4.90 Å². The van der Waals surface area contributed by atoms with E-state index < -0.39 is 32.3 Å². The molecule has 10 heteroatoms. The number of rotatable bonds is 10. The van der Waals surface area contributed by atoms with Crippen LogP contribution in [0.25, 0.3) is 16.6 Å². The Kier molecular flexibility index (Phi) is 9.67. The highest BCUT2D eigenvalue weighted by Gasteiger charge is 2.39. The Morgan fingerprint density at radius 2 is 1.76 bits per heavy atom. The summed E-state index contributed by atoms with van der Waals surface area (Å²) in [5, 5.41) is 18.3. The molecule has 0 spiro atoms. The van der Waals surface area contributed by atoms with E-state index in [-0.39, 0.29) is 5.69 Å². The molecule has 7 nitrogen and oxygen atoms in total. The van der Waals surface area contributed by atoms with Crippen molar-refractivity contribution in [3.63, 3.8) is 0 Å². The summed E-state index contributed by atoms with van der Waals surface area (Å²) >= 11 is -0.398. The summed E-state index contributed by atoms with van der Waals surface area (Å²) in [6, 6.07) is 19.3. The van der Waals surface area contributed by atoms with Crippen molar-refractivity contribution in [3.05, 3.63) is 137 Å². The Bertz CT molecular complexity index is 2050. The van der Waals surface area contributed by atoms with Crippen LogP contribution in [-0.4, -0.2) is 54.4 Å². The van der Waals surface area contributed by atoms with Gasteiger partial charge >= 0.3 is 0 Å². The molecule has 0 bridgehead atoms. The molecule has 1 unspecified atom stereocenters. The van der Waals surface area contributed by atoms with Crippen LogP contribution in [0.1, 0.15) is 66.1 Å². The number of aromatic nitrogens is 4. The number of benzene rings is 2. The number of nitrogens with zero attached hydrogens (tertiary/aromatic N) is 6. The fourth-order valence-electron chi connectivity index (χ4n) is 7.10. The fourth-order valence-corrected chi connectivity index (χ4v) is 8.51. The highest BCUT2D eigenvalue weighted by atomic mass is 127. The average molecular weight is 787 g/mol. The van der Waals surface area contributed by atoms with E-state index in [0.717, 1.165) is 72.5 Å². The molecular formula is C40H41F2IN6O. The topological polar surface area (TPSA) is 70.3 Å². The summed E-state index contributed by atoms with van der Waals surface area (Å²) in [6.07, 6.45) is 15.7. The molecule has 2 aromatic carbocycles. The number of allylic oxidation sites excluding steroid dienone is 2. The SMILES string of the molecule is C=ICc1c(Cc2ccc(-n3cccn3)cc2)c(N2CCCC2)nc2ccc(C(O)(C3=CCCC=CN3C)c3ccc(C(C)(F)F)nc3)cc12. The Morgan fingerprint density at radius 3 is 2.44 bits per heavy atom. The van der Waals surface area contributed by atoms with Crippen molar-refractivity contribution >= 4 is 42.0 Å². The number of alkyl halides is 3. The summed E-state index contributed by atoms with van der Waals surface area (Å²) in [5.41, 5.74) is 5.14. The van der Waals surface area contributed by atoms with E-state index in [2.05, 4.69) is 55.9 Å². The Balaban J connectivity index is 1.40. The first-order valence-corrected chi connectivity index (χ1v) is 20.0. The third-order valence-electron chi connectivity index (χ3n) is 9.70. The van der Waals surface area contributed by atoms with Gasteiger partial charge in [-0.2, -0.15) is 13.9 Å².